The molecule has 3 nitrogen and oxygen atoms in total. The second-order valence-electron chi connectivity index (χ2n) is 7.51. The van der Waals surface area contributed by atoms with Gasteiger partial charge in [0.2, 0.25) is 0 Å². The van der Waals surface area contributed by atoms with Gasteiger partial charge >= 0.3 is 0 Å². The molecule has 1 heterocycles. The van der Waals surface area contributed by atoms with Gasteiger partial charge in [-0.15, -0.1) is 0 Å². The Hall–Kier alpha value is -2.13. The van der Waals surface area contributed by atoms with Crippen molar-refractivity contribution in [1.29, 1.82) is 0 Å². The Morgan fingerprint density at radius 2 is 1.71 bits per heavy atom. The first kappa shape index (κ1) is 16.7. The van der Waals surface area contributed by atoms with Crippen LogP contribution in [0.2, 0.25) is 0 Å². The molecule has 1 unspecified atom stereocenters. The third-order valence-electron chi connectivity index (χ3n) is 4.62. The van der Waals surface area contributed by atoms with Crippen molar-refractivity contribution in [2.24, 2.45) is 5.73 Å². The lowest BCUT2D eigenvalue weighted by Crippen LogP contribution is -2.16. The summed E-state index contributed by atoms with van der Waals surface area (Å²) >= 11 is 0. The number of hydrogen-bond acceptors (Lipinski definition) is 2. The number of fused-ring (bicyclic) bond motifs is 1. The molecule has 0 aliphatic carbocycles. The summed E-state index contributed by atoms with van der Waals surface area (Å²) in [6.07, 6.45) is 0.881. The maximum absolute atomic E-state index is 6.31. The zero-order valence-corrected chi connectivity index (χ0v) is 15.1. The van der Waals surface area contributed by atoms with Crippen molar-refractivity contribution in [3.05, 3.63) is 65.5 Å². The minimum Gasteiger partial charge on any atom is -0.322 e. The molecule has 0 aliphatic heterocycles. The van der Waals surface area contributed by atoms with Gasteiger partial charge in [-0.1, -0.05) is 64.1 Å². The smallest absolute Gasteiger partial charge is 0.127 e. The van der Waals surface area contributed by atoms with Crippen LogP contribution in [0.1, 0.15) is 57.1 Å². The second kappa shape index (κ2) is 6.40. The van der Waals surface area contributed by atoms with Crippen LogP contribution < -0.4 is 5.73 Å². The number of benzene rings is 2. The normalized spacial score (nSPS) is 13.4. The first-order valence-electron chi connectivity index (χ1n) is 8.70. The van der Waals surface area contributed by atoms with Gasteiger partial charge in [-0.3, -0.25) is 0 Å². The molecule has 0 amide bonds. The summed E-state index contributed by atoms with van der Waals surface area (Å²) in [5, 5.41) is 0. The summed E-state index contributed by atoms with van der Waals surface area (Å²) in [7, 11) is 0. The van der Waals surface area contributed by atoms with E-state index in [-0.39, 0.29) is 11.5 Å². The van der Waals surface area contributed by atoms with Gasteiger partial charge in [0, 0.05) is 6.54 Å². The zero-order chi connectivity index (χ0) is 17.3. The molecule has 0 fully saturated rings. The van der Waals surface area contributed by atoms with Crippen LogP contribution in [0.3, 0.4) is 0 Å². The van der Waals surface area contributed by atoms with Crippen LogP contribution in [0.4, 0.5) is 0 Å². The van der Waals surface area contributed by atoms with E-state index >= 15 is 0 Å². The Labute approximate surface area is 144 Å². The standard InChI is InChI=1S/C21H27N3/c1-5-17(22)20-23-18-8-6-7-9-19(18)24(20)14-15-10-12-16(13-11-15)21(2,3)4/h6-13,17H,5,14,22H2,1-4H3. The fourth-order valence-electron chi connectivity index (χ4n) is 3.02. The zero-order valence-electron chi connectivity index (χ0n) is 15.1. The lowest BCUT2D eigenvalue weighted by Gasteiger charge is -2.19. The van der Waals surface area contributed by atoms with E-state index < -0.39 is 0 Å². The summed E-state index contributed by atoms with van der Waals surface area (Å²) in [5.74, 6) is 0.971. The Balaban J connectivity index is 2.00. The Morgan fingerprint density at radius 1 is 1.04 bits per heavy atom. The first-order chi connectivity index (χ1) is 11.4. The van der Waals surface area contributed by atoms with Crippen LogP contribution in [0.15, 0.2) is 48.5 Å². The van der Waals surface area contributed by atoms with Gasteiger partial charge in [0.05, 0.1) is 17.1 Å². The molecule has 3 rings (SSSR count). The molecule has 0 aliphatic rings. The van der Waals surface area contributed by atoms with Crippen LogP contribution in [0.25, 0.3) is 11.0 Å². The largest absolute Gasteiger partial charge is 0.322 e. The first-order valence-corrected chi connectivity index (χ1v) is 8.70. The Bertz CT molecular complexity index is 822. The molecule has 24 heavy (non-hydrogen) atoms. The molecular weight excluding hydrogens is 294 g/mol. The van der Waals surface area contributed by atoms with E-state index in [0.29, 0.717) is 0 Å². The number of para-hydroxylation sites is 2. The van der Waals surface area contributed by atoms with Gasteiger partial charge < -0.3 is 10.3 Å². The van der Waals surface area contributed by atoms with E-state index in [4.69, 9.17) is 10.7 Å². The molecule has 0 saturated carbocycles. The van der Waals surface area contributed by atoms with Crippen LogP contribution in [0, 0.1) is 0 Å². The summed E-state index contributed by atoms with van der Waals surface area (Å²) < 4.78 is 2.26. The average Bonchev–Trinajstić information content (AvgIpc) is 2.93. The number of nitrogens with zero attached hydrogens (tertiary/aromatic N) is 2. The maximum atomic E-state index is 6.31. The highest BCUT2D eigenvalue weighted by Crippen LogP contribution is 2.25. The maximum Gasteiger partial charge on any atom is 0.127 e. The van der Waals surface area contributed by atoms with E-state index in [1.54, 1.807) is 0 Å². The van der Waals surface area contributed by atoms with E-state index in [9.17, 15) is 0 Å². The highest BCUT2D eigenvalue weighted by molar-refractivity contribution is 5.76. The molecule has 0 spiro atoms. The molecule has 2 aromatic carbocycles. The van der Waals surface area contributed by atoms with E-state index in [0.717, 1.165) is 29.8 Å². The van der Waals surface area contributed by atoms with E-state index in [1.165, 1.54) is 11.1 Å². The summed E-state index contributed by atoms with van der Waals surface area (Å²) in [4.78, 5) is 4.77. The summed E-state index contributed by atoms with van der Waals surface area (Å²) in [5.41, 5.74) is 11.3. The van der Waals surface area contributed by atoms with Gasteiger partial charge in [-0.25, -0.2) is 4.98 Å². The van der Waals surface area contributed by atoms with Crippen molar-refractivity contribution < 1.29 is 0 Å². The number of rotatable bonds is 4. The number of imidazole rings is 1. The van der Waals surface area contributed by atoms with Gasteiger partial charge in [-0.05, 0) is 35.1 Å². The Morgan fingerprint density at radius 3 is 2.33 bits per heavy atom. The molecular formula is C21H27N3. The quantitative estimate of drug-likeness (QED) is 0.750. The lowest BCUT2D eigenvalue weighted by molar-refractivity contribution is 0.588. The van der Waals surface area contributed by atoms with Gasteiger partial charge in [0.25, 0.3) is 0 Å². The minimum absolute atomic E-state index is 0.0359. The van der Waals surface area contributed by atoms with Crippen LogP contribution in [-0.2, 0) is 12.0 Å². The molecule has 126 valence electrons. The molecule has 3 heteroatoms. The Kier molecular flexibility index (Phi) is 4.46. The molecule has 1 aromatic heterocycles. The fourth-order valence-corrected chi connectivity index (χ4v) is 3.02. The predicted octanol–water partition coefficient (Wildman–Crippen LogP) is 4.79. The third kappa shape index (κ3) is 3.22. The minimum atomic E-state index is -0.0359. The van der Waals surface area contributed by atoms with Crippen LogP contribution >= 0.6 is 0 Å². The second-order valence-corrected chi connectivity index (χ2v) is 7.51. The third-order valence-corrected chi connectivity index (χ3v) is 4.62. The van der Waals surface area contributed by atoms with Gasteiger partial charge in [0.15, 0.2) is 0 Å². The van der Waals surface area contributed by atoms with Crippen molar-refractivity contribution in [1.82, 2.24) is 9.55 Å². The molecule has 0 saturated heterocycles. The highest BCUT2D eigenvalue weighted by Gasteiger charge is 2.17. The topological polar surface area (TPSA) is 43.8 Å². The molecule has 1 atom stereocenters. The number of aromatic nitrogens is 2. The van der Waals surface area contributed by atoms with Crippen molar-refractivity contribution in [2.75, 3.05) is 0 Å². The highest BCUT2D eigenvalue weighted by atomic mass is 15.1. The molecule has 3 aromatic rings. The lowest BCUT2D eigenvalue weighted by atomic mass is 9.87. The van der Waals surface area contributed by atoms with E-state index in [1.807, 2.05) is 6.07 Å². The van der Waals surface area contributed by atoms with Crippen molar-refractivity contribution >= 4 is 11.0 Å². The number of nitrogens with two attached hydrogens (primary N) is 1. The van der Waals surface area contributed by atoms with Crippen molar-refractivity contribution in [2.45, 2.75) is 52.1 Å². The van der Waals surface area contributed by atoms with Gasteiger partial charge in [0.1, 0.15) is 5.82 Å². The SMILES string of the molecule is CCC(N)c1nc2ccccc2n1Cc1ccc(C(C)(C)C)cc1. The molecule has 0 radical (unpaired) electrons. The summed E-state index contributed by atoms with van der Waals surface area (Å²) in [6, 6.07) is 17.1. The monoisotopic (exact) mass is 321 g/mol. The predicted molar refractivity (Wildman–Crippen MR) is 101 cm³/mol. The van der Waals surface area contributed by atoms with Gasteiger partial charge in [-0.2, -0.15) is 0 Å². The molecule has 2 N–H and O–H groups in total. The number of hydrogen-bond donors (Lipinski definition) is 1. The van der Waals surface area contributed by atoms with Crippen LogP contribution in [-0.4, -0.2) is 9.55 Å². The van der Waals surface area contributed by atoms with Crippen molar-refractivity contribution in [3.8, 4) is 0 Å². The average molecular weight is 321 g/mol. The van der Waals surface area contributed by atoms with Crippen molar-refractivity contribution in [3.63, 3.8) is 0 Å². The summed E-state index contributed by atoms with van der Waals surface area (Å²) in [6.45, 7) is 9.62. The van der Waals surface area contributed by atoms with Crippen LogP contribution in [0.5, 0.6) is 0 Å². The fraction of sp³-hybridized carbons (Fsp3) is 0.381. The molecule has 0 bridgehead atoms. The van der Waals surface area contributed by atoms with E-state index in [2.05, 4.69) is 74.7 Å².